The normalized spacial score (nSPS) is 25.6. The summed E-state index contributed by atoms with van der Waals surface area (Å²) in [6.45, 7) is 5.96. The molecule has 1 aliphatic heterocycles. The van der Waals surface area contributed by atoms with E-state index in [9.17, 15) is 9.90 Å². The molecule has 1 aliphatic carbocycles. The maximum Gasteiger partial charge on any atom is 0.343 e. The van der Waals surface area contributed by atoms with Crippen molar-refractivity contribution in [3.8, 4) is 0 Å². The van der Waals surface area contributed by atoms with Gasteiger partial charge in [-0.25, -0.2) is 4.79 Å². The lowest BCUT2D eigenvalue weighted by atomic mass is 9.91. The van der Waals surface area contributed by atoms with Crippen LogP contribution in [-0.2, 0) is 14.4 Å². The highest BCUT2D eigenvalue weighted by molar-refractivity contribution is 6.20. The Labute approximate surface area is 135 Å². The van der Waals surface area contributed by atoms with Gasteiger partial charge in [0, 0.05) is 12.8 Å². The molecule has 1 N–H and O–H groups in total. The minimum absolute atomic E-state index is 0.0233. The number of ether oxygens (including phenoxy) is 1. The second kappa shape index (κ2) is 5.41. The maximum atomic E-state index is 12.4. The molecule has 1 atom stereocenters. The molecule has 0 aromatic heterocycles. The zero-order chi connectivity index (χ0) is 16.8. The molecule has 0 amide bonds. The fourth-order valence-electron chi connectivity index (χ4n) is 3.42. The number of benzene rings is 1. The van der Waals surface area contributed by atoms with E-state index in [4.69, 9.17) is 9.57 Å². The molecule has 122 valence electrons. The van der Waals surface area contributed by atoms with Gasteiger partial charge in [0.25, 0.3) is 0 Å². The third-order valence-electron chi connectivity index (χ3n) is 4.80. The zero-order valence-corrected chi connectivity index (χ0v) is 13.9. The van der Waals surface area contributed by atoms with Crippen LogP contribution in [-0.4, -0.2) is 29.5 Å². The Balaban J connectivity index is 2.08. The largest absolute Gasteiger partial charge is 0.507 e. The van der Waals surface area contributed by atoms with Gasteiger partial charge in [0.1, 0.15) is 12.7 Å². The van der Waals surface area contributed by atoms with Gasteiger partial charge in [-0.15, -0.1) is 0 Å². The number of oxime groups is 1. The van der Waals surface area contributed by atoms with Crippen molar-refractivity contribution in [2.24, 2.45) is 5.16 Å². The molecule has 0 bridgehead atoms. The predicted octanol–water partition coefficient (Wildman–Crippen LogP) is 3.36. The molecule has 1 heterocycles. The van der Waals surface area contributed by atoms with Crippen LogP contribution >= 0.6 is 0 Å². The average molecular weight is 315 g/mol. The first-order valence-electron chi connectivity index (χ1n) is 7.72. The third-order valence-corrected chi connectivity index (χ3v) is 4.80. The number of carbonyl (C=O) groups excluding carboxylic acids is 1. The summed E-state index contributed by atoms with van der Waals surface area (Å²) < 4.78 is 5.59. The van der Waals surface area contributed by atoms with E-state index in [2.05, 4.69) is 5.16 Å². The topological polar surface area (TPSA) is 68.1 Å². The van der Waals surface area contributed by atoms with Crippen molar-refractivity contribution >= 4 is 17.3 Å². The van der Waals surface area contributed by atoms with Crippen molar-refractivity contribution in [3.05, 3.63) is 40.1 Å². The molecule has 1 fully saturated rings. The highest BCUT2D eigenvalue weighted by Gasteiger charge is 2.52. The van der Waals surface area contributed by atoms with Gasteiger partial charge in [-0.3, -0.25) is 0 Å². The molecule has 0 saturated heterocycles. The van der Waals surface area contributed by atoms with Gasteiger partial charge >= 0.3 is 5.97 Å². The van der Waals surface area contributed by atoms with Crippen LogP contribution in [0.3, 0.4) is 0 Å². The molecular weight excluding hydrogens is 294 g/mol. The Morgan fingerprint density at radius 3 is 2.61 bits per heavy atom. The van der Waals surface area contributed by atoms with Crippen LogP contribution in [0.5, 0.6) is 0 Å². The van der Waals surface area contributed by atoms with E-state index in [0.29, 0.717) is 19.3 Å². The van der Waals surface area contributed by atoms with Gasteiger partial charge in [0.2, 0.25) is 0 Å². The van der Waals surface area contributed by atoms with Gasteiger partial charge in [-0.2, -0.15) is 0 Å². The Morgan fingerprint density at radius 2 is 1.91 bits per heavy atom. The number of aliphatic hydroxyl groups excluding tert-OH is 1. The number of esters is 1. The molecule has 3 rings (SSSR count). The highest BCUT2D eigenvalue weighted by atomic mass is 16.6. The number of rotatable bonds is 2. The minimum Gasteiger partial charge on any atom is -0.507 e. The van der Waals surface area contributed by atoms with Gasteiger partial charge in [0.15, 0.2) is 11.4 Å². The summed E-state index contributed by atoms with van der Waals surface area (Å²) in [5, 5.41) is 14.7. The lowest BCUT2D eigenvalue weighted by Gasteiger charge is -2.21. The SMILES string of the molecule is CON=C1CCC2(C1)OC(=O)C(c1cc(C)c(C)cc1C)=C2O. The molecule has 5 heteroatoms. The first-order valence-corrected chi connectivity index (χ1v) is 7.72. The first kappa shape index (κ1) is 15.6. The van der Waals surface area contributed by atoms with E-state index in [1.54, 1.807) is 0 Å². The molecule has 2 aliphatic rings. The summed E-state index contributed by atoms with van der Waals surface area (Å²) in [6, 6.07) is 3.96. The van der Waals surface area contributed by atoms with Crippen molar-refractivity contribution in [1.82, 2.24) is 0 Å². The van der Waals surface area contributed by atoms with Gasteiger partial charge in [0.05, 0.1) is 5.71 Å². The van der Waals surface area contributed by atoms with Crippen molar-refractivity contribution in [2.45, 2.75) is 45.6 Å². The number of nitrogens with zero attached hydrogens (tertiary/aromatic N) is 1. The molecule has 1 aromatic carbocycles. The number of aliphatic hydroxyl groups is 1. The monoisotopic (exact) mass is 315 g/mol. The molecule has 0 radical (unpaired) electrons. The first-order chi connectivity index (χ1) is 10.9. The quantitative estimate of drug-likeness (QED) is 0.671. The van der Waals surface area contributed by atoms with Crippen LogP contribution in [0.15, 0.2) is 23.0 Å². The van der Waals surface area contributed by atoms with Crippen molar-refractivity contribution in [1.29, 1.82) is 0 Å². The summed E-state index contributed by atoms with van der Waals surface area (Å²) in [7, 11) is 1.48. The van der Waals surface area contributed by atoms with Gasteiger partial charge < -0.3 is 14.7 Å². The van der Waals surface area contributed by atoms with Crippen LogP contribution in [0, 0.1) is 20.8 Å². The van der Waals surface area contributed by atoms with Crippen LogP contribution < -0.4 is 0 Å². The second-order valence-corrected chi connectivity index (χ2v) is 6.38. The summed E-state index contributed by atoms with van der Waals surface area (Å²) in [6.07, 6.45) is 1.55. The van der Waals surface area contributed by atoms with Crippen LogP contribution in [0.25, 0.3) is 5.57 Å². The molecule has 23 heavy (non-hydrogen) atoms. The maximum absolute atomic E-state index is 12.4. The lowest BCUT2D eigenvalue weighted by Crippen LogP contribution is -2.28. The van der Waals surface area contributed by atoms with E-state index in [0.717, 1.165) is 28.0 Å². The van der Waals surface area contributed by atoms with E-state index in [1.165, 1.54) is 7.11 Å². The van der Waals surface area contributed by atoms with E-state index in [1.807, 2.05) is 32.9 Å². The Kier molecular flexibility index (Phi) is 3.66. The number of aryl methyl sites for hydroxylation is 3. The lowest BCUT2D eigenvalue weighted by molar-refractivity contribution is -0.145. The minimum atomic E-state index is -0.977. The standard InChI is InChI=1S/C18H21NO4/c1-10-7-12(3)14(8-11(10)2)15-16(20)18(23-17(15)21)6-5-13(9-18)19-22-4/h7-8,20H,5-6,9H2,1-4H3. The average Bonchev–Trinajstić information content (AvgIpc) is 2.98. The molecule has 1 aromatic rings. The zero-order valence-electron chi connectivity index (χ0n) is 13.9. The molecule has 1 unspecified atom stereocenters. The molecule has 1 spiro atoms. The summed E-state index contributed by atoms with van der Waals surface area (Å²) >= 11 is 0. The third kappa shape index (κ3) is 2.40. The van der Waals surface area contributed by atoms with Crippen LogP contribution in [0.4, 0.5) is 0 Å². The van der Waals surface area contributed by atoms with E-state index >= 15 is 0 Å². The second-order valence-electron chi connectivity index (χ2n) is 6.38. The van der Waals surface area contributed by atoms with Gasteiger partial charge in [-0.1, -0.05) is 17.3 Å². The van der Waals surface area contributed by atoms with Crippen LogP contribution in [0.2, 0.25) is 0 Å². The van der Waals surface area contributed by atoms with Crippen molar-refractivity contribution in [3.63, 3.8) is 0 Å². The summed E-state index contributed by atoms with van der Waals surface area (Å²) in [4.78, 5) is 17.2. The fourth-order valence-corrected chi connectivity index (χ4v) is 3.42. The van der Waals surface area contributed by atoms with Gasteiger partial charge in [-0.05, 0) is 49.4 Å². The van der Waals surface area contributed by atoms with E-state index < -0.39 is 11.6 Å². The van der Waals surface area contributed by atoms with E-state index in [-0.39, 0.29) is 11.3 Å². The highest BCUT2D eigenvalue weighted by Crippen LogP contribution is 2.46. The fraction of sp³-hybridized carbons (Fsp3) is 0.444. The number of hydrogen-bond acceptors (Lipinski definition) is 5. The predicted molar refractivity (Wildman–Crippen MR) is 87.3 cm³/mol. The Bertz CT molecular complexity index is 748. The van der Waals surface area contributed by atoms with Crippen molar-refractivity contribution < 1.29 is 19.5 Å². The molecule has 1 saturated carbocycles. The Morgan fingerprint density at radius 1 is 1.22 bits per heavy atom. The molecular formula is C18H21NO4. The number of hydrogen-bond donors (Lipinski definition) is 1. The Hall–Kier alpha value is -2.30. The summed E-state index contributed by atoms with van der Waals surface area (Å²) in [5.41, 5.74) is 4.02. The smallest absolute Gasteiger partial charge is 0.343 e. The molecule has 5 nitrogen and oxygen atoms in total. The summed E-state index contributed by atoms with van der Waals surface area (Å²) in [5.74, 6) is -0.442. The van der Waals surface area contributed by atoms with Crippen molar-refractivity contribution in [2.75, 3.05) is 7.11 Å². The number of carbonyl (C=O) groups is 1. The van der Waals surface area contributed by atoms with Crippen LogP contribution in [0.1, 0.15) is 41.5 Å².